The van der Waals surface area contributed by atoms with E-state index in [4.69, 9.17) is 14.2 Å². The SMILES string of the molecule is CN=C(NCc1cccc(OC)c1)NC1CCN(c2cc(OC)cc(OC)c2)C1. The van der Waals surface area contributed by atoms with Crippen molar-refractivity contribution in [1.29, 1.82) is 0 Å². The molecule has 1 heterocycles. The van der Waals surface area contributed by atoms with E-state index >= 15 is 0 Å². The maximum absolute atomic E-state index is 5.40. The van der Waals surface area contributed by atoms with Crippen LogP contribution in [0.15, 0.2) is 47.5 Å². The lowest BCUT2D eigenvalue weighted by Gasteiger charge is -2.21. The van der Waals surface area contributed by atoms with Crippen molar-refractivity contribution in [2.75, 3.05) is 46.4 Å². The van der Waals surface area contributed by atoms with Gasteiger partial charge in [-0.3, -0.25) is 4.99 Å². The number of nitrogens with zero attached hydrogens (tertiary/aromatic N) is 2. The van der Waals surface area contributed by atoms with Crippen LogP contribution in [-0.2, 0) is 6.54 Å². The largest absolute Gasteiger partial charge is 0.497 e. The molecule has 2 N–H and O–H groups in total. The van der Waals surface area contributed by atoms with Crippen LogP contribution in [0.3, 0.4) is 0 Å². The van der Waals surface area contributed by atoms with E-state index < -0.39 is 0 Å². The van der Waals surface area contributed by atoms with E-state index in [1.54, 1.807) is 28.4 Å². The lowest BCUT2D eigenvalue weighted by atomic mass is 10.2. The monoisotopic (exact) mass is 398 g/mol. The molecule has 1 fully saturated rings. The van der Waals surface area contributed by atoms with Crippen LogP contribution in [0.2, 0.25) is 0 Å². The average molecular weight is 399 g/mol. The summed E-state index contributed by atoms with van der Waals surface area (Å²) in [4.78, 5) is 6.70. The molecule has 1 atom stereocenters. The second-order valence-corrected chi connectivity index (χ2v) is 6.92. The first-order valence-electron chi connectivity index (χ1n) is 9.73. The van der Waals surface area contributed by atoms with Crippen LogP contribution in [0, 0.1) is 0 Å². The lowest BCUT2D eigenvalue weighted by Crippen LogP contribution is -2.44. The van der Waals surface area contributed by atoms with E-state index in [1.165, 1.54) is 0 Å². The standard InChI is InChI=1S/C22H30N4O3/c1-23-22(24-14-16-6-5-7-19(10-16)27-2)25-17-8-9-26(15-17)18-11-20(28-3)13-21(12-18)29-4/h5-7,10-13,17H,8-9,14-15H2,1-4H3,(H2,23,24,25). The molecule has 156 valence electrons. The summed E-state index contributed by atoms with van der Waals surface area (Å²) in [7, 11) is 6.81. The highest BCUT2D eigenvalue weighted by Crippen LogP contribution is 2.30. The van der Waals surface area contributed by atoms with Crippen molar-refractivity contribution < 1.29 is 14.2 Å². The van der Waals surface area contributed by atoms with Gasteiger partial charge in [0.1, 0.15) is 17.2 Å². The highest BCUT2D eigenvalue weighted by atomic mass is 16.5. The fourth-order valence-electron chi connectivity index (χ4n) is 3.44. The van der Waals surface area contributed by atoms with Gasteiger partial charge in [0.25, 0.3) is 0 Å². The Morgan fingerprint density at radius 3 is 2.41 bits per heavy atom. The third-order valence-electron chi connectivity index (χ3n) is 5.05. The molecule has 7 heteroatoms. The van der Waals surface area contributed by atoms with E-state index in [1.807, 2.05) is 36.4 Å². The molecule has 2 aromatic carbocycles. The molecule has 7 nitrogen and oxygen atoms in total. The van der Waals surface area contributed by atoms with Crippen LogP contribution >= 0.6 is 0 Å². The number of ether oxygens (including phenoxy) is 3. The van der Waals surface area contributed by atoms with Gasteiger partial charge in [0.05, 0.1) is 21.3 Å². The predicted octanol–water partition coefficient (Wildman–Crippen LogP) is 2.66. The minimum Gasteiger partial charge on any atom is -0.497 e. The fourth-order valence-corrected chi connectivity index (χ4v) is 3.44. The third-order valence-corrected chi connectivity index (χ3v) is 5.05. The summed E-state index contributed by atoms with van der Waals surface area (Å²) >= 11 is 0. The first-order valence-corrected chi connectivity index (χ1v) is 9.73. The maximum atomic E-state index is 5.40. The minimum absolute atomic E-state index is 0.309. The van der Waals surface area contributed by atoms with Crippen molar-refractivity contribution >= 4 is 11.6 Å². The van der Waals surface area contributed by atoms with Crippen molar-refractivity contribution in [3.8, 4) is 17.2 Å². The molecule has 3 rings (SSSR count). The normalized spacial score (nSPS) is 16.5. The molecule has 0 aromatic heterocycles. The molecule has 0 bridgehead atoms. The molecule has 29 heavy (non-hydrogen) atoms. The number of hydrogen-bond acceptors (Lipinski definition) is 5. The highest BCUT2D eigenvalue weighted by Gasteiger charge is 2.24. The predicted molar refractivity (Wildman–Crippen MR) is 116 cm³/mol. The van der Waals surface area contributed by atoms with Crippen molar-refractivity contribution in [1.82, 2.24) is 10.6 Å². The molecule has 1 unspecified atom stereocenters. The van der Waals surface area contributed by atoms with Gasteiger partial charge >= 0.3 is 0 Å². The van der Waals surface area contributed by atoms with Gasteiger partial charge in [0.15, 0.2) is 5.96 Å². The Balaban J connectivity index is 1.57. The van der Waals surface area contributed by atoms with E-state index in [0.29, 0.717) is 12.6 Å². The number of nitrogens with one attached hydrogen (secondary N) is 2. The third kappa shape index (κ3) is 5.47. The topological polar surface area (TPSA) is 67.4 Å². The van der Waals surface area contributed by atoms with Crippen LogP contribution in [-0.4, -0.2) is 53.5 Å². The Kier molecular flexibility index (Phi) is 7.05. The Morgan fingerprint density at radius 2 is 1.76 bits per heavy atom. The van der Waals surface area contributed by atoms with Gasteiger partial charge in [-0.2, -0.15) is 0 Å². The zero-order valence-corrected chi connectivity index (χ0v) is 17.6. The lowest BCUT2D eigenvalue weighted by molar-refractivity contribution is 0.394. The Labute approximate surface area is 172 Å². The maximum Gasteiger partial charge on any atom is 0.191 e. The van der Waals surface area contributed by atoms with Crippen molar-refractivity contribution in [2.45, 2.75) is 19.0 Å². The van der Waals surface area contributed by atoms with Gasteiger partial charge in [-0.05, 0) is 24.1 Å². The molecule has 0 spiro atoms. The Hall–Kier alpha value is -3.09. The Morgan fingerprint density at radius 1 is 1.03 bits per heavy atom. The molecule has 2 aromatic rings. The average Bonchev–Trinajstić information content (AvgIpc) is 3.24. The van der Waals surface area contributed by atoms with Crippen LogP contribution in [0.1, 0.15) is 12.0 Å². The van der Waals surface area contributed by atoms with E-state index in [-0.39, 0.29) is 0 Å². The molecule has 0 amide bonds. The van der Waals surface area contributed by atoms with Crippen LogP contribution in [0.4, 0.5) is 5.69 Å². The Bertz CT molecular complexity index is 818. The smallest absolute Gasteiger partial charge is 0.191 e. The van der Waals surface area contributed by atoms with E-state index in [0.717, 1.165) is 54.0 Å². The molecular formula is C22H30N4O3. The summed E-state index contributed by atoms with van der Waals surface area (Å²) < 4.78 is 16.1. The van der Waals surface area contributed by atoms with E-state index in [9.17, 15) is 0 Å². The van der Waals surface area contributed by atoms with Gasteiger partial charge in [0.2, 0.25) is 0 Å². The van der Waals surface area contributed by atoms with Crippen molar-refractivity contribution in [3.63, 3.8) is 0 Å². The summed E-state index contributed by atoms with van der Waals surface area (Å²) in [6, 6.07) is 14.3. The summed E-state index contributed by atoms with van der Waals surface area (Å²) in [6.07, 6.45) is 1.03. The molecule has 1 aliphatic rings. The highest BCUT2D eigenvalue weighted by molar-refractivity contribution is 5.80. The van der Waals surface area contributed by atoms with Gasteiger partial charge in [0, 0.05) is 56.6 Å². The number of guanidine groups is 1. The number of anilines is 1. The number of rotatable bonds is 7. The van der Waals surface area contributed by atoms with E-state index in [2.05, 4.69) is 26.6 Å². The minimum atomic E-state index is 0.309. The number of methoxy groups -OCH3 is 3. The molecular weight excluding hydrogens is 368 g/mol. The van der Waals surface area contributed by atoms with Gasteiger partial charge in [-0.15, -0.1) is 0 Å². The van der Waals surface area contributed by atoms with Crippen LogP contribution in [0.5, 0.6) is 17.2 Å². The summed E-state index contributed by atoms with van der Waals surface area (Å²) in [5.74, 6) is 3.24. The molecule has 0 aliphatic carbocycles. The zero-order valence-electron chi connectivity index (χ0n) is 17.6. The molecule has 0 saturated carbocycles. The zero-order chi connectivity index (χ0) is 20.6. The number of aliphatic imine (C=N–C) groups is 1. The second-order valence-electron chi connectivity index (χ2n) is 6.92. The van der Waals surface area contributed by atoms with Crippen molar-refractivity contribution in [3.05, 3.63) is 48.0 Å². The molecule has 1 aliphatic heterocycles. The quantitative estimate of drug-likeness (QED) is 0.552. The molecule has 0 radical (unpaired) electrons. The second kappa shape index (κ2) is 9.91. The number of hydrogen-bond donors (Lipinski definition) is 2. The fraction of sp³-hybridized carbons (Fsp3) is 0.409. The van der Waals surface area contributed by atoms with Gasteiger partial charge in [-0.25, -0.2) is 0 Å². The summed E-state index contributed by atoms with van der Waals surface area (Å²) in [5.41, 5.74) is 2.24. The summed E-state index contributed by atoms with van der Waals surface area (Å²) in [6.45, 7) is 2.53. The van der Waals surface area contributed by atoms with Gasteiger partial charge in [-0.1, -0.05) is 12.1 Å². The van der Waals surface area contributed by atoms with Crippen LogP contribution in [0.25, 0.3) is 0 Å². The summed E-state index contributed by atoms with van der Waals surface area (Å²) in [5, 5.41) is 6.90. The first-order chi connectivity index (χ1) is 14.1. The van der Waals surface area contributed by atoms with Crippen LogP contribution < -0.4 is 29.7 Å². The molecule has 1 saturated heterocycles. The number of benzene rings is 2. The van der Waals surface area contributed by atoms with Gasteiger partial charge < -0.3 is 29.7 Å². The first kappa shape index (κ1) is 20.6. The van der Waals surface area contributed by atoms with Crippen molar-refractivity contribution in [2.24, 2.45) is 4.99 Å².